The highest BCUT2D eigenvalue weighted by molar-refractivity contribution is 7.11. The third-order valence-electron chi connectivity index (χ3n) is 3.80. The average molecular weight is 261 g/mol. The second kappa shape index (κ2) is 4.52. The lowest BCUT2D eigenvalue weighted by atomic mass is 9.93. The van der Waals surface area contributed by atoms with Gasteiger partial charge in [0.25, 0.3) is 0 Å². The molecule has 4 heteroatoms. The van der Waals surface area contributed by atoms with Crippen LogP contribution in [0.2, 0.25) is 0 Å². The first-order chi connectivity index (χ1) is 8.66. The van der Waals surface area contributed by atoms with Gasteiger partial charge in [0.05, 0.1) is 6.04 Å². The summed E-state index contributed by atoms with van der Waals surface area (Å²) in [4.78, 5) is 5.78. The molecule has 0 amide bonds. The molecule has 2 unspecified atom stereocenters. The molecular weight excluding hydrogens is 242 g/mol. The molecule has 2 aromatic rings. The summed E-state index contributed by atoms with van der Waals surface area (Å²) in [6.07, 6.45) is 7.59. The molecular formula is C14H19N3S. The number of aromatic nitrogens is 2. The molecule has 1 aliphatic rings. The molecule has 0 saturated heterocycles. The molecule has 18 heavy (non-hydrogen) atoms. The van der Waals surface area contributed by atoms with E-state index in [0.29, 0.717) is 6.04 Å². The van der Waals surface area contributed by atoms with Crippen molar-refractivity contribution in [2.45, 2.75) is 45.2 Å². The molecule has 96 valence electrons. The minimum Gasteiger partial charge on any atom is -0.342 e. The van der Waals surface area contributed by atoms with Crippen molar-refractivity contribution in [3.63, 3.8) is 0 Å². The maximum Gasteiger partial charge on any atom is 0.115 e. The largest absolute Gasteiger partial charge is 0.342 e. The molecule has 2 atom stereocenters. The van der Waals surface area contributed by atoms with E-state index in [9.17, 15) is 0 Å². The van der Waals surface area contributed by atoms with E-state index in [1.807, 2.05) is 6.20 Å². The van der Waals surface area contributed by atoms with Crippen molar-refractivity contribution in [3.8, 4) is 0 Å². The fraction of sp³-hybridized carbons (Fsp3) is 0.500. The molecule has 0 spiro atoms. The Bertz CT molecular complexity index is 555. The number of hydrogen-bond donors (Lipinski definition) is 1. The summed E-state index contributed by atoms with van der Waals surface area (Å²) in [6.45, 7) is 4.33. The SMILES string of the molecule is Cc1cnc(C(C)n2ccc3c2CCCC3N)s1. The van der Waals surface area contributed by atoms with Crippen LogP contribution in [0.1, 0.15) is 53.0 Å². The van der Waals surface area contributed by atoms with E-state index in [1.165, 1.54) is 27.6 Å². The minimum absolute atomic E-state index is 0.222. The van der Waals surface area contributed by atoms with E-state index in [1.54, 1.807) is 11.3 Å². The van der Waals surface area contributed by atoms with Crippen molar-refractivity contribution in [2.24, 2.45) is 5.73 Å². The van der Waals surface area contributed by atoms with Gasteiger partial charge in [0, 0.05) is 29.0 Å². The summed E-state index contributed by atoms with van der Waals surface area (Å²) in [5.74, 6) is 0. The highest BCUT2D eigenvalue weighted by atomic mass is 32.1. The Balaban J connectivity index is 1.97. The van der Waals surface area contributed by atoms with E-state index in [2.05, 4.69) is 35.7 Å². The quantitative estimate of drug-likeness (QED) is 0.902. The number of fused-ring (bicyclic) bond motifs is 1. The van der Waals surface area contributed by atoms with Gasteiger partial charge in [0.2, 0.25) is 0 Å². The van der Waals surface area contributed by atoms with Crippen molar-refractivity contribution in [2.75, 3.05) is 0 Å². The lowest BCUT2D eigenvalue weighted by Gasteiger charge is -2.23. The van der Waals surface area contributed by atoms with Gasteiger partial charge in [-0.15, -0.1) is 11.3 Å². The molecule has 0 saturated carbocycles. The molecule has 2 N–H and O–H groups in total. The van der Waals surface area contributed by atoms with Crippen LogP contribution in [0, 0.1) is 6.92 Å². The zero-order chi connectivity index (χ0) is 12.7. The van der Waals surface area contributed by atoms with E-state index in [0.717, 1.165) is 12.8 Å². The Labute approximate surface area is 112 Å². The molecule has 1 aliphatic carbocycles. The van der Waals surface area contributed by atoms with Crippen molar-refractivity contribution in [1.82, 2.24) is 9.55 Å². The number of nitrogens with two attached hydrogens (primary N) is 1. The van der Waals surface area contributed by atoms with Crippen LogP contribution in [0.15, 0.2) is 18.5 Å². The monoisotopic (exact) mass is 261 g/mol. The number of rotatable bonds is 2. The predicted octanol–water partition coefficient (Wildman–Crippen LogP) is 3.20. The van der Waals surface area contributed by atoms with Crippen LogP contribution in [-0.2, 0) is 6.42 Å². The van der Waals surface area contributed by atoms with Gasteiger partial charge >= 0.3 is 0 Å². The van der Waals surface area contributed by atoms with Crippen LogP contribution in [0.3, 0.4) is 0 Å². The van der Waals surface area contributed by atoms with Gasteiger partial charge in [-0.05, 0) is 44.7 Å². The first-order valence-electron chi connectivity index (χ1n) is 6.54. The fourth-order valence-corrected chi connectivity index (χ4v) is 3.62. The fourth-order valence-electron chi connectivity index (χ4n) is 2.80. The molecule has 0 aliphatic heterocycles. The number of hydrogen-bond acceptors (Lipinski definition) is 3. The van der Waals surface area contributed by atoms with Gasteiger partial charge < -0.3 is 10.3 Å². The molecule has 2 aromatic heterocycles. The first-order valence-corrected chi connectivity index (χ1v) is 7.36. The average Bonchev–Trinajstić information content (AvgIpc) is 2.95. The Morgan fingerprint density at radius 3 is 3.11 bits per heavy atom. The zero-order valence-electron chi connectivity index (χ0n) is 10.9. The van der Waals surface area contributed by atoms with Gasteiger partial charge in [-0.2, -0.15) is 0 Å². The topological polar surface area (TPSA) is 43.8 Å². The van der Waals surface area contributed by atoms with Gasteiger partial charge in [0.15, 0.2) is 0 Å². The molecule has 2 heterocycles. The van der Waals surface area contributed by atoms with Crippen LogP contribution < -0.4 is 5.73 Å². The highest BCUT2D eigenvalue weighted by Gasteiger charge is 2.23. The minimum atomic E-state index is 0.222. The van der Waals surface area contributed by atoms with Gasteiger partial charge in [-0.3, -0.25) is 0 Å². The third-order valence-corrected chi connectivity index (χ3v) is 4.88. The summed E-state index contributed by atoms with van der Waals surface area (Å²) in [5, 5.41) is 1.19. The molecule has 0 bridgehead atoms. The van der Waals surface area contributed by atoms with Crippen LogP contribution in [0.4, 0.5) is 0 Å². The Morgan fingerprint density at radius 1 is 1.56 bits per heavy atom. The van der Waals surface area contributed by atoms with Crippen LogP contribution >= 0.6 is 11.3 Å². The second-order valence-electron chi connectivity index (χ2n) is 5.11. The molecule has 3 nitrogen and oxygen atoms in total. The smallest absolute Gasteiger partial charge is 0.115 e. The predicted molar refractivity (Wildman–Crippen MR) is 75.0 cm³/mol. The van der Waals surface area contributed by atoms with Gasteiger partial charge in [0.1, 0.15) is 5.01 Å². The Hall–Kier alpha value is -1.13. The number of thiazole rings is 1. The molecule has 0 radical (unpaired) electrons. The Morgan fingerprint density at radius 2 is 2.39 bits per heavy atom. The lowest BCUT2D eigenvalue weighted by Crippen LogP contribution is -2.19. The van der Waals surface area contributed by atoms with Crippen molar-refractivity contribution in [3.05, 3.63) is 39.6 Å². The second-order valence-corrected chi connectivity index (χ2v) is 6.38. The van der Waals surface area contributed by atoms with Gasteiger partial charge in [-0.1, -0.05) is 0 Å². The molecule has 0 aromatic carbocycles. The van der Waals surface area contributed by atoms with Crippen molar-refractivity contribution < 1.29 is 0 Å². The van der Waals surface area contributed by atoms with E-state index in [-0.39, 0.29) is 6.04 Å². The summed E-state index contributed by atoms with van der Waals surface area (Å²) in [7, 11) is 0. The first kappa shape index (κ1) is 11.9. The van der Waals surface area contributed by atoms with Crippen LogP contribution in [-0.4, -0.2) is 9.55 Å². The lowest BCUT2D eigenvalue weighted by molar-refractivity contribution is 0.525. The molecule has 0 fully saturated rings. The summed E-state index contributed by atoms with van der Waals surface area (Å²) >= 11 is 1.78. The molecule has 3 rings (SSSR count). The number of aryl methyl sites for hydroxylation is 1. The van der Waals surface area contributed by atoms with E-state index < -0.39 is 0 Å². The maximum atomic E-state index is 6.18. The zero-order valence-corrected chi connectivity index (χ0v) is 11.7. The van der Waals surface area contributed by atoms with E-state index >= 15 is 0 Å². The normalized spacial score (nSPS) is 20.7. The van der Waals surface area contributed by atoms with Crippen LogP contribution in [0.25, 0.3) is 0 Å². The maximum absolute atomic E-state index is 6.18. The van der Waals surface area contributed by atoms with Crippen molar-refractivity contribution in [1.29, 1.82) is 0 Å². The highest BCUT2D eigenvalue weighted by Crippen LogP contribution is 2.33. The standard InChI is InChI=1S/C14H19N3S/c1-9-8-16-14(18-9)10(2)17-7-6-11-12(15)4-3-5-13(11)17/h6-8,10,12H,3-5,15H2,1-2H3. The summed E-state index contributed by atoms with van der Waals surface area (Å²) in [6, 6.07) is 2.73. The summed E-state index contributed by atoms with van der Waals surface area (Å²) < 4.78 is 2.35. The van der Waals surface area contributed by atoms with Crippen LogP contribution in [0.5, 0.6) is 0 Å². The van der Waals surface area contributed by atoms with Gasteiger partial charge in [-0.25, -0.2) is 4.98 Å². The third kappa shape index (κ3) is 1.89. The van der Waals surface area contributed by atoms with Crippen molar-refractivity contribution >= 4 is 11.3 Å². The van der Waals surface area contributed by atoms with E-state index in [4.69, 9.17) is 5.73 Å². The summed E-state index contributed by atoms with van der Waals surface area (Å²) in [5.41, 5.74) is 8.92. The number of nitrogens with zero attached hydrogens (tertiary/aromatic N) is 2. The Kier molecular flexibility index (Phi) is 2.99.